The molecule has 2 atom stereocenters. The average Bonchev–Trinajstić information content (AvgIpc) is 3.45. The van der Waals surface area contributed by atoms with Crippen molar-refractivity contribution in [3.8, 4) is 33.2 Å². The summed E-state index contributed by atoms with van der Waals surface area (Å²) in [7, 11) is 3.31. The molecule has 0 fully saturated rings. The summed E-state index contributed by atoms with van der Waals surface area (Å²) in [5.74, 6) is 0.808. The second-order valence-corrected chi connectivity index (χ2v) is 10.2. The predicted molar refractivity (Wildman–Crippen MR) is 140 cm³/mol. The Labute approximate surface area is 211 Å². The number of carboxylic acid groups (broad SMARTS) is 1. The molecule has 1 aliphatic heterocycles. The van der Waals surface area contributed by atoms with Gasteiger partial charge in [-0.05, 0) is 72.7 Å². The third-order valence-corrected chi connectivity index (χ3v) is 8.37. The molecule has 7 heteroatoms. The van der Waals surface area contributed by atoms with Crippen molar-refractivity contribution in [2.24, 2.45) is 0 Å². The molecule has 35 heavy (non-hydrogen) atoms. The van der Waals surface area contributed by atoms with E-state index in [4.69, 9.17) is 14.5 Å². The molecule has 1 N–H and O–H groups in total. The van der Waals surface area contributed by atoms with Crippen molar-refractivity contribution in [3.63, 3.8) is 0 Å². The Morgan fingerprint density at radius 2 is 1.66 bits per heavy atom. The Kier molecular flexibility index (Phi) is 7.28. The molecule has 0 bridgehead atoms. The molecule has 0 aliphatic carbocycles. The predicted octanol–water partition coefficient (Wildman–Crippen LogP) is 5.98. The fourth-order valence-corrected chi connectivity index (χ4v) is 6.19. The molecular formula is C28H33N2O4S+. The van der Waals surface area contributed by atoms with Gasteiger partial charge in [-0.25, -0.2) is 9.78 Å². The van der Waals surface area contributed by atoms with Crippen LogP contribution in [-0.4, -0.2) is 54.4 Å². The number of thiazole rings is 1. The van der Waals surface area contributed by atoms with E-state index in [9.17, 15) is 9.90 Å². The summed E-state index contributed by atoms with van der Waals surface area (Å²) in [4.78, 5) is 18.3. The number of carbonyl (C=O) groups is 1. The van der Waals surface area contributed by atoms with Crippen molar-refractivity contribution in [3.05, 3.63) is 65.7 Å². The van der Waals surface area contributed by atoms with E-state index in [0.29, 0.717) is 11.0 Å². The number of benzene rings is 2. The van der Waals surface area contributed by atoms with E-state index in [2.05, 4.69) is 26.0 Å². The van der Waals surface area contributed by atoms with Crippen molar-refractivity contribution in [2.45, 2.75) is 32.2 Å². The lowest BCUT2D eigenvalue weighted by Crippen LogP contribution is -2.60. The Balaban J connectivity index is 1.87. The molecule has 184 valence electrons. The van der Waals surface area contributed by atoms with Crippen LogP contribution in [0.5, 0.6) is 11.5 Å². The largest absolute Gasteiger partial charge is 0.497 e. The zero-order chi connectivity index (χ0) is 25.1. The van der Waals surface area contributed by atoms with Crippen LogP contribution in [-0.2, 0) is 10.3 Å². The normalized spacial score (nSPS) is 21.3. The van der Waals surface area contributed by atoms with Crippen LogP contribution in [0.4, 0.5) is 0 Å². The van der Waals surface area contributed by atoms with Crippen molar-refractivity contribution in [1.82, 2.24) is 4.98 Å². The fourth-order valence-electron chi connectivity index (χ4n) is 4.88. The molecule has 6 nitrogen and oxygen atoms in total. The van der Waals surface area contributed by atoms with Crippen LogP contribution in [0.2, 0.25) is 0 Å². The Morgan fingerprint density at radius 1 is 1.06 bits per heavy atom. The van der Waals surface area contributed by atoms with Crippen molar-refractivity contribution in [1.29, 1.82) is 0 Å². The smallest absolute Gasteiger partial charge is 0.359 e. The van der Waals surface area contributed by atoms with Gasteiger partial charge in [-0.1, -0.05) is 13.3 Å². The number of quaternary nitrogens is 1. The van der Waals surface area contributed by atoms with Crippen LogP contribution in [0.15, 0.2) is 60.7 Å². The number of hydrogen-bond acceptors (Lipinski definition) is 5. The van der Waals surface area contributed by atoms with Crippen LogP contribution in [0.1, 0.15) is 31.7 Å². The molecule has 1 aromatic heterocycles. The van der Waals surface area contributed by atoms with Gasteiger partial charge in [-0.3, -0.25) is 4.48 Å². The number of carboxylic acids is 1. The van der Waals surface area contributed by atoms with E-state index in [1.54, 1.807) is 25.6 Å². The van der Waals surface area contributed by atoms with Gasteiger partial charge in [0, 0.05) is 12.5 Å². The monoisotopic (exact) mass is 493 g/mol. The maximum absolute atomic E-state index is 12.0. The summed E-state index contributed by atoms with van der Waals surface area (Å²) < 4.78 is 11.2. The van der Waals surface area contributed by atoms with Crippen LogP contribution in [0, 0.1) is 0 Å². The van der Waals surface area contributed by atoms with Gasteiger partial charge in [0.25, 0.3) is 0 Å². The van der Waals surface area contributed by atoms with Crippen LogP contribution in [0.3, 0.4) is 0 Å². The number of methoxy groups -OCH3 is 2. The van der Waals surface area contributed by atoms with E-state index in [0.717, 1.165) is 57.6 Å². The van der Waals surface area contributed by atoms with Gasteiger partial charge in [-0.2, -0.15) is 0 Å². The number of rotatable bonds is 10. The van der Waals surface area contributed by atoms with Gasteiger partial charge in [0.1, 0.15) is 11.5 Å². The Morgan fingerprint density at radius 3 is 2.20 bits per heavy atom. The van der Waals surface area contributed by atoms with Gasteiger partial charge in [0.15, 0.2) is 17.1 Å². The van der Waals surface area contributed by atoms with Gasteiger partial charge in [0.05, 0.1) is 37.9 Å². The maximum atomic E-state index is 12.0. The SMILES string of the molecule is CCCC[N+]1(CC(=O)O)CC=CC1(C)c1nc(-c2ccc(OC)cc2)c(-c2ccc(OC)cc2)s1. The van der Waals surface area contributed by atoms with E-state index in [-0.39, 0.29) is 6.54 Å². The van der Waals surface area contributed by atoms with Crippen molar-refractivity contribution in [2.75, 3.05) is 33.9 Å². The highest BCUT2D eigenvalue weighted by atomic mass is 32.1. The highest BCUT2D eigenvalue weighted by Gasteiger charge is 2.52. The minimum atomic E-state index is -0.779. The maximum Gasteiger partial charge on any atom is 0.359 e. The molecule has 0 saturated carbocycles. The van der Waals surface area contributed by atoms with E-state index in [1.807, 2.05) is 48.5 Å². The Bertz CT molecular complexity index is 1140. The molecule has 4 rings (SSSR count). The van der Waals surface area contributed by atoms with Gasteiger partial charge in [-0.15, -0.1) is 11.3 Å². The summed E-state index contributed by atoms with van der Waals surface area (Å²) in [6, 6.07) is 15.9. The molecule has 0 amide bonds. The lowest BCUT2D eigenvalue weighted by atomic mass is 9.98. The molecule has 2 heterocycles. The van der Waals surface area contributed by atoms with E-state index >= 15 is 0 Å². The molecular weight excluding hydrogens is 460 g/mol. The first-order valence-electron chi connectivity index (χ1n) is 11.9. The lowest BCUT2D eigenvalue weighted by Gasteiger charge is -2.45. The third-order valence-electron chi connectivity index (χ3n) is 7.04. The standard InChI is InChI=1S/C28H32N2O4S/c1-5-6-17-30(19-24(31)32)18-7-16-28(30,2)27-29-25(20-8-12-22(33-3)13-9-20)26(35-27)21-10-14-23(34-4)15-11-21/h7-16H,5-6,17-19H2,1-4H3/p+1. The third kappa shape index (κ3) is 4.70. The zero-order valence-corrected chi connectivity index (χ0v) is 21.6. The van der Waals surface area contributed by atoms with Crippen LogP contribution in [0.25, 0.3) is 21.7 Å². The quantitative estimate of drug-likeness (QED) is 0.278. The van der Waals surface area contributed by atoms with Crippen LogP contribution >= 0.6 is 11.3 Å². The van der Waals surface area contributed by atoms with Crippen LogP contribution < -0.4 is 9.47 Å². The molecule has 3 aromatic rings. The minimum Gasteiger partial charge on any atom is -0.497 e. The number of unbranched alkanes of at least 4 members (excludes halogenated alkanes) is 1. The fraction of sp³-hybridized carbons (Fsp3) is 0.357. The molecule has 2 unspecified atom stereocenters. The minimum absolute atomic E-state index is 0.0683. The number of aromatic nitrogens is 1. The first-order valence-corrected chi connectivity index (χ1v) is 12.7. The average molecular weight is 494 g/mol. The first-order chi connectivity index (χ1) is 16.9. The zero-order valence-electron chi connectivity index (χ0n) is 20.8. The number of nitrogens with zero attached hydrogens (tertiary/aromatic N) is 2. The number of hydrogen-bond donors (Lipinski definition) is 1. The highest BCUT2D eigenvalue weighted by molar-refractivity contribution is 7.15. The summed E-state index contributed by atoms with van der Waals surface area (Å²) >= 11 is 1.65. The molecule has 0 saturated heterocycles. The number of ether oxygens (including phenoxy) is 2. The van der Waals surface area contributed by atoms with Crippen molar-refractivity contribution >= 4 is 17.3 Å². The first kappa shape index (κ1) is 24.9. The Hall–Kier alpha value is -3.16. The summed E-state index contributed by atoms with van der Waals surface area (Å²) in [6.45, 7) is 5.84. The van der Waals surface area contributed by atoms with Gasteiger partial charge >= 0.3 is 5.97 Å². The van der Waals surface area contributed by atoms with Crippen molar-refractivity contribution < 1.29 is 23.9 Å². The second-order valence-electron chi connectivity index (χ2n) is 9.16. The molecule has 1 aliphatic rings. The summed E-state index contributed by atoms with van der Waals surface area (Å²) in [5.41, 5.74) is 2.41. The second kappa shape index (κ2) is 10.2. The topological polar surface area (TPSA) is 68.7 Å². The summed E-state index contributed by atoms with van der Waals surface area (Å²) in [5, 5.41) is 10.8. The number of aliphatic carboxylic acids is 1. The van der Waals surface area contributed by atoms with E-state index in [1.165, 1.54) is 0 Å². The molecule has 2 aromatic carbocycles. The molecule has 0 spiro atoms. The highest BCUT2D eigenvalue weighted by Crippen LogP contribution is 2.47. The lowest BCUT2D eigenvalue weighted by molar-refractivity contribution is -0.958. The van der Waals surface area contributed by atoms with E-state index < -0.39 is 11.5 Å². The van der Waals surface area contributed by atoms with Gasteiger partial charge in [0.2, 0.25) is 0 Å². The molecule has 0 radical (unpaired) electrons. The summed E-state index contributed by atoms with van der Waals surface area (Å²) in [6.07, 6.45) is 6.27. The van der Waals surface area contributed by atoms with Gasteiger partial charge < -0.3 is 14.6 Å².